The topological polar surface area (TPSA) is 87.3 Å². The molecule has 1 aliphatic rings. The first-order valence-corrected chi connectivity index (χ1v) is 13.1. The first kappa shape index (κ1) is 24.1. The summed E-state index contributed by atoms with van der Waals surface area (Å²) in [5.41, 5.74) is 3.28. The molecule has 1 heterocycles. The van der Waals surface area contributed by atoms with Crippen LogP contribution in [0.4, 0.5) is 0 Å². The zero-order valence-corrected chi connectivity index (χ0v) is 20.1. The molecule has 0 saturated carbocycles. The lowest BCUT2D eigenvalue weighted by atomic mass is 9.90. The molecule has 0 spiro atoms. The van der Waals surface area contributed by atoms with Crippen molar-refractivity contribution in [3.8, 4) is 0 Å². The van der Waals surface area contributed by atoms with Gasteiger partial charge in [0.15, 0.2) is 0 Å². The van der Waals surface area contributed by atoms with Gasteiger partial charge in [0.05, 0.1) is 10.8 Å². The van der Waals surface area contributed by atoms with E-state index in [0.29, 0.717) is 26.1 Å². The molecule has 1 aliphatic heterocycles. The number of carbonyl (C=O) groups is 1. The van der Waals surface area contributed by atoms with Crippen LogP contribution in [0.5, 0.6) is 0 Å². The summed E-state index contributed by atoms with van der Waals surface area (Å²) in [6.07, 6.45) is 0.450. The first-order valence-electron chi connectivity index (χ1n) is 11.6. The number of hydrogen-bond donors (Lipinski definition) is 3. The minimum absolute atomic E-state index is 0.0405. The van der Waals surface area contributed by atoms with Gasteiger partial charge in [-0.1, -0.05) is 78.4 Å². The van der Waals surface area contributed by atoms with E-state index in [1.165, 1.54) is 0 Å². The fraction of sp³-hybridized carbons (Fsp3) is 0.296. The van der Waals surface area contributed by atoms with Crippen molar-refractivity contribution in [2.75, 3.05) is 19.6 Å². The van der Waals surface area contributed by atoms with Gasteiger partial charge in [0.2, 0.25) is 15.9 Å². The molecule has 2 atom stereocenters. The van der Waals surface area contributed by atoms with E-state index in [-0.39, 0.29) is 28.7 Å². The molecule has 1 saturated heterocycles. The third-order valence-corrected chi connectivity index (χ3v) is 7.80. The second kappa shape index (κ2) is 11.0. The third kappa shape index (κ3) is 6.11. The molecule has 4 rings (SSSR count). The van der Waals surface area contributed by atoms with Gasteiger partial charge in [-0.05, 0) is 36.6 Å². The maximum atomic E-state index is 13.1. The molecule has 3 aromatic carbocycles. The first-order chi connectivity index (χ1) is 16.4. The molecular weight excluding hydrogens is 446 g/mol. The second-order valence-electron chi connectivity index (χ2n) is 8.84. The summed E-state index contributed by atoms with van der Waals surface area (Å²) in [5.74, 6) is -0.339. The third-order valence-electron chi connectivity index (χ3n) is 6.26. The van der Waals surface area contributed by atoms with Crippen LogP contribution in [0.1, 0.15) is 29.0 Å². The number of amides is 1. The Morgan fingerprint density at radius 1 is 0.912 bits per heavy atom. The van der Waals surface area contributed by atoms with Gasteiger partial charge in [-0.3, -0.25) is 4.79 Å². The monoisotopic (exact) mass is 477 g/mol. The van der Waals surface area contributed by atoms with Crippen molar-refractivity contribution in [2.24, 2.45) is 5.92 Å². The summed E-state index contributed by atoms with van der Waals surface area (Å²) in [6.45, 7) is 3.41. The van der Waals surface area contributed by atoms with Crippen molar-refractivity contribution in [1.29, 1.82) is 0 Å². The molecule has 1 amide bonds. The smallest absolute Gasteiger partial charge is 0.240 e. The molecule has 0 aliphatic carbocycles. The molecule has 7 heteroatoms. The van der Waals surface area contributed by atoms with Crippen LogP contribution in [-0.2, 0) is 14.8 Å². The van der Waals surface area contributed by atoms with Crippen molar-refractivity contribution in [2.45, 2.75) is 30.2 Å². The van der Waals surface area contributed by atoms with Crippen LogP contribution in [0.3, 0.4) is 0 Å². The molecule has 0 unspecified atom stereocenters. The highest BCUT2D eigenvalue weighted by molar-refractivity contribution is 7.89. The Morgan fingerprint density at radius 3 is 2.09 bits per heavy atom. The molecule has 0 aromatic heterocycles. The Balaban J connectivity index is 1.39. The van der Waals surface area contributed by atoms with Crippen molar-refractivity contribution in [3.05, 3.63) is 102 Å². The van der Waals surface area contributed by atoms with E-state index in [1.54, 1.807) is 24.3 Å². The fourth-order valence-corrected chi connectivity index (χ4v) is 5.63. The minimum Gasteiger partial charge on any atom is -0.355 e. The van der Waals surface area contributed by atoms with Crippen molar-refractivity contribution in [3.63, 3.8) is 0 Å². The average Bonchev–Trinajstić information content (AvgIpc) is 2.85. The van der Waals surface area contributed by atoms with Crippen LogP contribution in [0.2, 0.25) is 0 Å². The fourth-order valence-electron chi connectivity index (χ4n) is 4.38. The summed E-state index contributed by atoms with van der Waals surface area (Å²) in [7, 11) is -3.65. The van der Waals surface area contributed by atoms with Crippen LogP contribution in [0.25, 0.3) is 0 Å². The van der Waals surface area contributed by atoms with E-state index in [0.717, 1.165) is 16.7 Å². The Kier molecular flexibility index (Phi) is 7.77. The van der Waals surface area contributed by atoms with E-state index in [2.05, 4.69) is 39.6 Å². The van der Waals surface area contributed by atoms with E-state index in [4.69, 9.17) is 0 Å². The maximum absolute atomic E-state index is 13.1. The van der Waals surface area contributed by atoms with Crippen LogP contribution in [0, 0.1) is 12.8 Å². The summed E-state index contributed by atoms with van der Waals surface area (Å²) >= 11 is 0. The Labute approximate surface area is 201 Å². The molecule has 34 heavy (non-hydrogen) atoms. The van der Waals surface area contributed by atoms with E-state index >= 15 is 0 Å². The van der Waals surface area contributed by atoms with E-state index in [1.807, 2.05) is 43.3 Å². The van der Waals surface area contributed by atoms with Crippen LogP contribution < -0.4 is 15.4 Å². The van der Waals surface area contributed by atoms with Gasteiger partial charge in [0.1, 0.15) is 0 Å². The lowest BCUT2D eigenvalue weighted by Crippen LogP contribution is -2.52. The summed E-state index contributed by atoms with van der Waals surface area (Å²) in [6, 6.07) is 26.7. The number of nitrogens with one attached hydrogen (secondary N) is 3. The predicted molar refractivity (Wildman–Crippen MR) is 134 cm³/mol. The summed E-state index contributed by atoms with van der Waals surface area (Å²) in [5, 5.41) is 6.33. The molecule has 3 aromatic rings. The van der Waals surface area contributed by atoms with Gasteiger partial charge in [0, 0.05) is 31.6 Å². The van der Waals surface area contributed by atoms with Crippen LogP contribution >= 0.6 is 0 Å². The highest BCUT2D eigenvalue weighted by Gasteiger charge is 2.30. The minimum atomic E-state index is -3.65. The van der Waals surface area contributed by atoms with Crippen molar-refractivity contribution < 1.29 is 13.2 Å². The molecule has 178 valence electrons. The SMILES string of the molecule is Cc1ccc(S(=O)(=O)N[C@H]2CNC[C@@H](C(=O)NCC(c3ccccc3)c3ccccc3)C2)cc1. The second-order valence-corrected chi connectivity index (χ2v) is 10.6. The highest BCUT2D eigenvalue weighted by Crippen LogP contribution is 2.24. The number of carbonyl (C=O) groups excluding carboxylic acids is 1. The standard InChI is InChI=1S/C27H31N3O3S/c1-20-12-14-25(15-13-20)34(32,33)30-24-16-23(17-28-18-24)27(31)29-19-26(21-8-4-2-5-9-21)22-10-6-3-7-11-22/h2-15,23-24,26,28,30H,16-19H2,1H3,(H,29,31)/t23-,24+/m0/s1. The Bertz CT molecular complexity index is 1140. The molecule has 6 nitrogen and oxygen atoms in total. The Morgan fingerprint density at radius 2 is 1.50 bits per heavy atom. The van der Waals surface area contributed by atoms with Gasteiger partial charge >= 0.3 is 0 Å². The van der Waals surface area contributed by atoms with Gasteiger partial charge in [-0.15, -0.1) is 0 Å². The van der Waals surface area contributed by atoms with Crippen molar-refractivity contribution in [1.82, 2.24) is 15.4 Å². The van der Waals surface area contributed by atoms with Gasteiger partial charge in [-0.25, -0.2) is 13.1 Å². The number of piperidine rings is 1. The zero-order chi connectivity index (χ0) is 24.0. The number of sulfonamides is 1. The van der Waals surface area contributed by atoms with Gasteiger partial charge in [-0.2, -0.15) is 0 Å². The number of rotatable bonds is 8. The predicted octanol–water partition coefficient (Wildman–Crippen LogP) is 3.20. The molecule has 3 N–H and O–H groups in total. The van der Waals surface area contributed by atoms with Crippen LogP contribution in [0.15, 0.2) is 89.8 Å². The quantitative estimate of drug-likeness (QED) is 0.465. The summed E-state index contributed by atoms with van der Waals surface area (Å²) < 4.78 is 28.3. The van der Waals surface area contributed by atoms with E-state index in [9.17, 15) is 13.2 Å². The van der Waals surface area contributed by atoms with Gasteiger partial charge < -0.3 is 10.6 Å². The largest absolute Gasteiger partial charge is 0.355 e. The normalized spacial score (nSPS) is 18.5. The van der Waals surface area contributed by atoms with Gasteiger partial charge in [0.25, 0.3) is 0 Å². The Hall–Kier alpha value is -3.00. The molecule has 1 fully saturated rings. The highest BCUT2D eigenvalue weighted by atomic mass is 32.2. The van der Waals surface area contributed by atoms with Crippen LogP contribution in [-0.4, -0.2) is 40.0 Å². The summed E-state index contributed by atoms with van der Waals surface area (Å²) in [4.78, 5) is 13.3. The average molecular weight is 478 g/mol. The number of benzene rings is 3. The lowest BCUT2D eigenvalue weighted by molar-refractivity contribution is -0.125. The molecule has 0 radical (unpaired) electrons. The van der Waals surface area contributed by atoms with Crippen molar-refractivity contribution >= 4 is 15.9 Å². The molecular formula is C27H31N3O3S. The number of hydrogen-bond acceptors (Lipinski definition) is 4. The lowest BCUT2D eigenvalue weighted by Gasteiger charge is -2.30. The van der Waals surface area contributed by atoms with E-state index < -0.39 is 10.0 Å². The maximum Gasteiger partial charge on any atom is 0.240 e. The number of aryl methyl sites for hydroxylation is 1. The zero-order valence-electron chi connectivity index (χ0n) is 19.3. The molecule has 0 bridgehead atoms.